The molecule has 0 aromatic rings. The molecule has 2 unspecified atom stereocenters. The molecule has 0 radical (unpaired) electrons. The second-order valence-electron chi connectivity index (χ2n) is 4.90. The fourth-order valence-electron chi connectivity index (χ4n) is 2.16. The fraction of sp³-hybridized carbons (Fsp3) is 0.889. The summed E-state index contributed by atoms with van der Waals surface area (Å²) in [7, 11) is -17.2. The van der Waals surface area contributed by atoms with Gasteiger partial charge in [-0.1, -0.05) is 0 Å². The molecule has 22 heavy (non-hydrogen) atoms. The molecule has 0 amide bonds. The molecule has 0 aromatic heterocycles. The number of rotatable bonds is 4. The maximum atomic E-state index is 13.3. The van der Waals surface area contributed by atoms with Gasteiger partial charge in [0.25, 0.3) is 0 Å². The third kappa shape index (κ3) is 3.72. The Balaban J connectivity index is 3.48. The molecular weight excluding hydrogens is 376 g/mol. The van der Waals surface area contributed by atoms with E-state index >= 15 is 0 Å². The van der Waals surface area contributed by atoms with E-state index in [-0.39, 0.29) is 25.5 Å². The van der Waals surface area contributed by atoms with E-state index in [4.69, 9.17) is 0 Å². The van der Waals surface area contributed by atoms with E-state index in [1.54, 1.807) is 0 Å². The molecule has 2 atom stereocenters. The lowest BCUT2D eigenvalue weighted by molar-refractivity contribution is -0.0427. The maximum Gasteiger partial charge on any atom is 0.470 e. The van der Waals surface area contributed by atoms with Crippen LogP contribution in [0.3, 0.4) is 0 Å². The number of hydrogen-bond donors (Lipinski definition) is 0. The topological polar surface area (TPSA) is 102 Å². The van der Waals surface area contributed by atoms with Crippen molar-refractivity contribution in [3.05, 3.63) is 3.91 Å². The summed E-state index contributed by atoms with van der Waals surface area (Å²) in [5.41, 5.74) is -6.09. The molecule has 1 aliphatic rings. The zero-order valence-electron chi connectivity index (χ0n) is 11.2. The molecule has 0 aromatic carbocycles. The monoisotopic (exact) mass is 389 g/mol. The molecular formula is C9H13F4O6S3-. The Kier molecular flexibility index (Phi) is 5.25. The summed E-state index contributed by atoms with van der Waals surface area (Å²) in [5, 5.41) is -1.82. The summed E-state index contributed by atoms with van der Waals surface area (Å²) in [4.78, 5) is 0. The summed E-state index contributed by atoms with van der Waals surface area (Å²) >= 11 is 0. The van der Waals surface area contributed by atoms with Crippen LogP contribution in [0.25, 0.3) is 0 Å². The first-order chi connectivity index (χ1) is 9.62. The van der Waals surface area contributed by atoms with Crippen molar-refractivity contribution in [2.45, 2.75) is 42.6 Å². The Morgan fingerprint density at radius 1 is 1.00 bits per heavy atom. The Morgan fingerprint density at radius 3 is 1.86 bits per heavy atom. The number of halogens is 4. The van der Waals surface area contributed by atoms with Crippen LogP contribution < -0.4 is 0 Å². The van der Waals surface area contributed by atoms with Gasteiger partial charge in [-0.25, -0.2) is 4.39 Å². The van der Waals surface area contributed by atoms with Crippen molar-refractivity contribution in [1.29, 1.82) is 0 Å². The van der Waals surface area contributed by atoms with Crippen LogP contribution in [-0.2, 0) is 29.5 Å². The van der Waals surface area contributed by atoms with E-state index in [0.717, 1.165) is 0 Å². The lowest BCUT2D eigenvalue weighted by Gasteiger charge is -2.35. The van der Waals surface area contributed by atoms with Crippen molar-refractivity contribution in [1.82, 2.24) is 0 Å². The van der Waals surface area contributed by atoms with Gasteiger partial charge in [-0.3, -0.25) is 25.3 Å². The molecule has 0 N–H and O–H groups in total. The van der Waals surface area contributed by atoms with E-state index < -0.39 is 56.8 Å². The van der Waals surface area contributed by atoms with Crippen LogP contribution in [0.4, 0.5) is 17.6 Å². The van der Waals surface area contributed by atoms with Gasteiger partial charge in [0.1, 0.15) is 6.17 Å². The number of sulfone groups is 3. The summed E-state index contributed by atoms with van der Waals surface area (Å²) < 4.78 is 118. The Bertz CT molecular complexity index is 722. The van der Waals surface area contributed by atoms with Gasteiger partial charge in [-0.05, 0) is 25.7 Å². The summed E-state index contributed by atoms with van der Waals surface area (Å²) in [6, 6.07) is 0. The second-order valence-corrected chi connectivity index (χ2v) is 11.7. The average Bonchev–Trinajstić information content (AvgIpc) is 2.24. The van der Waals surface area contributed by atoms with Gasteiger partial charge in [0, 0.05) is 11.5 Å². The van der Waals surface area contributed by atoms with E-state index in [1.807, 2.05) is 0 Å². The van der Waals surface area contributed by atoms with E-state index in [9.17, 15) is 42.8 Å². The summed E-state index contributed by atoms with van der Waals surface area (Å²) in [6.45, 7) is 0. The van der Waals surface area contributed by atoms with Crippen molar-refractivity contribution in [2.24, 2.45) is 0 Å². The minimum atomic E-state index is -6.60. The molecule has 13 heteroatoms. The van der Waals surface area contributed by atoms with Gasteiger partial charge in [0.05, 0.1) is 23.6 Å². The minimum absolute atomic E-state index is 0.00578. The van der Waals surface area contributed by atoms with E-state index in [2.05, 4.69) is 0 Å². The zero-order valence-corrected chi connectivity index (χ0v) is 13.6. The Morgan fingerprint density at radius 2 is 1.50 bits per heavy atom. The minimum Gasteiger partial charge on any atom is -0.260 e. The summed E-state index contributed by atoms with van der Waals surface area (Å²) in [6.07, 6.45) is -2.67. The molecule has 1 aliphatic carbocycles. The van der Waals surface area contributed by atoms with Crippen LogP contribution in [0.2, 0.25) is 0 Å². The molecule has 0 saturated heterocycles. The lowest BCUT2D eigenvalue weighted by Crippen LogP contribution is -2.43. The van der Waals surface area contributed by atoms with Crippen molar-refractivity contribution in [2.75, 3.05) is 6.26 Å². The van der Waals surface area contributed by atoms with Crippen LogP contribution >= 0.6 is 0 Å². The molecule has 0 bridgehead atoms. The maximum absolute atomic E-state index is 13.3. The van der Waals surface area contributed by atoms with Crippen LogP contribution in [0.5, 0.6) is 0 Å². The normalized spacial score (nSPS) is 25.4. The lowest BCUT2D eigenvalue weighted by atomic mass is 9.98. The van der Waals surface area contributed by atoms with Crippen molar-refractivity contribution in [3.8, 4) is 0 Å². The Labute approximate surface area is 125 Å². The third-order valence-electron chi connectivity index (χ3n) is 3.06. The predicted octanol–water partition coefficient (Wildman–Crippen LogP) is 1.11. The first kappa shape index (κ1) is 19.6. The SMILES string of the molecule is CS(=O)(=O)[C-](S(=O)(=O)C1CCCC(F)C1)S(=O)(=O)C(F)(F)F. The van der Waals surface area contributed by atoms with E-state index in [0.29, 0.717) is 0 Å². The second kappa shape index (κ2) is 5.89. The first-order valence-electron chi connectivity index (χ1n) is 5.88. The van der Waals surface area contributed by atoms with Crippen molar-refractivity contribution < 1.29 is 42.8 Å². The van der Waals surface area contributed by atoms with Gasteiger partial charge < -0.3 is 0 Å². The Hall–Kier alpha value is -0.430. The van der Waals surface area contributed by atoms with Gasteiger partial charge >= 0.3 is 5.51 Å². The van der Waals surface area contributed by atoms with Crippen LogP contribution in [0.15, 0.2) is 0 Å². The van der Waals surface area contributed by atoms with Crippen molar-refractivity contribution in [3.63, 3.8) is 0 Å². The van der Waals surface area contributed by atoms with E-state index in [1.165, 1.54) is 0 Å². The smallest absolute Gasteiger partial charge is 0.260 e. The predicted molar refractivity (Wildman–Crippen MR) is 69.1 cm³/mol. The highest BCUT2D eigenvalue weighted by molar-refractivity contribution is 8.29. The molecule has 132 valence electrons. The van der Waals surface area contributed by atoms with Gasteiger partial charge in [-0.15, -0.1) is 0 Å². The number of hydrogen-bond acceptors (Lipinski definition) is 6. The molecule has 0 aliphatic heterocycles. The number of alkyl halides is 4. The quantitative estimate of drug-likeness (QED) is 0.527. The summed E-state index contributed by atoms with van der Waals surface area (Å²) in [5.74, 6) is 0. The van der Waals surface area contributed by atoms with Gasteiger partial charge in [0.2, 0.25) is 0 Å². The molecule has 1 saturated carbocycles. The van der Waals surface area contributed by atoms with Crippen LogP contribution in [-0.4, -0.2) is 48.4 Å². The highest BCUT2D eigenvalue weighted by Gasteiger charge is 2.51. The first-order valence-corrected chi connectivity index (χ1v) is 10.8. The standard InChI is InChI=1S/C9H13F4O6S3/c1-20(14,15)8(22(18,19)9(11,12)13)21(16,17)7-4-2-3-6(10)5-7/h6-7H,2-5H2,1H3/q-1. The third-order valence-corrected chi connectivity index (χ3v) is 11.0. The van der Waals surface area contributed by atoms with Crippen molar-refractivity contribution >= 4 is 29.5 Å². The van der Waals surface area contributed by atoms with Crippen LogP contribution in [0, 0.1) is 3.91 Å². The molecule has 0 heterocycles. The molecule has 1 fully saturated rings. The molecule has 1 rings (SSSR count). The van der Waals surface area contributed by atoms with Crippen LogP contribution in [0.1, 0.15) is 25.7 Å². The molecule has 0 spiro atoms. The largest absolute Gasteiger partial charge is 0.470 e. The average molecular weight is 389 g/mol. The highest BCUT2D eigenvalue weighted by Crippen LogP contribution is 2.41. The van der Waals surface area contributed by atoms with Gasteiger partial charge in [-0.2, -0.15) is 13.2 Å². The fourth-order valence-corrected chi connectivity index (χ4v) is 9.45. The molecule has 6 nitrogen and oxygen atoms in total. The van der Waals surface area contributed by atoms with Gasteiger partial charge in [0.15, 0.2) is 9.84 Å². The zero-order chi connectivity index (χ0) is 17.6. The highest BCUT2D eigenvalue weighted by atomic mass is 32.3.